The smallest absolute Gasteiger partial charge is 0.0208 e. The zero-order valence-electron chi connectivity index (χ0n) is 11.3. The number of aryl methyl sites for hydroxylation is 1. The molecule has 0 aromatic heterocycles. The topological polar surface area (TPSA) is 12.0 Å². The summed E-state index contributed by atoms with van der Waals surface area (Å²) in [6, 6.07) is 19.7. The molecule has 0 aliphatic carbocycles. The van der Waals surface area contributed by atoms with Crippen molar-refractivity contribution in [2.24, 2.45) is 5.92 Å². The predicted octanol–water partition coefficient (Wildman–Crippen LogP) is 3.58. The number of hydrogen-bond acceptors (Lipinski definition) is 1. The summed E-state index contributed by atoms with van der Waals surface area (Å²) in [5.74, 6) is 0.754. The summed E-state index contributed by atoms with van der Waals surface area (Å²) < 4.78 is 0. The Bertz CT molecular complexity index is 518. The van der Waals surface area contributed by atoms with Crippen molar-refractivity contribution in [3.05, 3.63) is 71.3 Å². The van der Waals surface area contributed by atoms with E-state index < -0.39 is 0 Å². The molecule has 3 rings (SSSR count). The molecule has 2 aromatic carbocycles. The molecule has 1 aliphatic heterocycles. The first-order valence-corrected chi connectivity index (χ1v) is 7.23. The molecule has 0 saturated heterocycles. The monoisotopic (exact) mass is 251 g/mol. The SMILES string of the molecule is c1ccc(CCC2CNCc3ccccc3C2)cc1. The van der Waals surface area contributed by atoms with Crippen LogP contribution in [0, 0.1) is 5.92 Å². The molecule has 98 valence electrons. The van der Waals surface area contributed by atoms with Crippen LogP contribution in [0.5, 0.6) is 0 Å². The fraction of sp³-hybridized carbons (Fsp3) is 0.333. The van der Waals surface area contributed by atoms with Gasteiger partial charge in [-0.15, -0.1) is 0 Å². The molecule has 1 heterocycles. The Hall–Kier alpha value is -1.60. The van der Waals surface area contributed by atoms with Gasteiger partial charge in [-0.05, 0) is 48.4 Å². The number of hydrogen-bond donors (Lipinski definition) is 1. The van der Waals surface area contributed by atoms with Gasteiger partial charge in [-0.25, -0.2) is 0 Å². The zero-order chi connectivity index (χ0) is 12.9. The fourth-order valence-corrected chi connectivity index (χ4v) is 2.94. The lowest BCUT2D eigenvalue weighted by molar-refractivity contribution is 0.458. The highest BCUT2D eigenvalue weighted by Gasteiger charge is 2.15. The van der Waals surface area contributed by atoms with Gasteiger partial charge in [-0.3, -0.25) is 0 Å². The second-order valence-electron chi connectivity index (χ2n) is 5.49. The molecule has 1 nitrogen and oxygen atoms in total. The summed E-state index contributed by atoms with van der Waals surface area (Å²) in [6.07, 6.45) is 3.68. The van der Waals surface area contributed by atoms with E-state index in [0.29, 0.717) is 0 Å². The summed E-state index contributed by atoms with van der Waals surface area (Å²) in [5.41, 5.74) is 4.47. The Morgan fingerprint density at radius 2 is 1.63 bits per heavy atom. The van der Waals surface area contributed by atoms with E-state index in [1.165, 1.54) is 36.0 Å². The maximum Gasteiger partial charge on any atom is 0.0208 e. The molecule has 1 aliphatic rings. The van der Waals surface area contributed by atoms with Crippen LogP contribution < -0.4 is 5.32 Å². The molecule has 0 bridgehead atoms. The van der Waals surface area contributed by atoms with Crippen LogP contribution in [-0.2, 0) is 19.4 Å². The van der Waals surface area contributed by atoms with Crippen molar-refractivity contribution in [3.8, 4) is 0 Å². The van der Waals surface area contributed by atoms with Gasteiger partial charge in [0, 0.05) is 6.54 Å². The van der Waals surface area contributed by atoms with Crippen LogP contribution >= 0.6 is 0 Å². The molecule has 1 heteroatoms. The molecule has 0 spiro atoms. The van der Waals surface area contributed by atoms with Crippen molar-refractivity contribution in [1.29, 1.82) is 0 Å². The molecular formula is C18H21N. The Kier molecular flexibility index (Phi) is 3.95. The van der Waals surface area contributed by atoms with Gasteiger partial charge in [0.1, 0.15) is 0 Å². The van der Waals surface area contributed by atoms with Crippen molar-refractivity contribution in [2.45, 2.75) is 25.8 Å². The van der Waals surface area contributed by atoms with Gasteiger partial charge in [0.15, 0.2) is 0 Å². The molecular weight excluding hydrogens is 230 g/mol. The van der Waals surface area contributed by atoms with Crippen LogP contribution in [0.1, 0.15) is 23.1 Å². The van der Waals surface area contributed by atoms with Crippen molar-refractivity contribution in [3.63, 3.8) is 0 Å². The third-order valence-electron chi connectivity index (χ3n) is 4.06. The molecule has 19 heavy (non-hydrogen) atoms. The van der Waals surface area contributed by atoms with E-state index in [9.17, 15) is 0 Å². The third-order valence-corrected chi connectivity index (χ3v) is 4.06. The normalized spacial score (nSPS) is 18.6. The van der Waals surface area contributed by atoms with Crippen LogP contribution in [-0.4, -0.2) is 6.54 Å². The van der Waals surface area contributed by atoms with Gasteiger partial charge in [-0.1, -0.05) is 54.6 Å². The van der Waals surface area contributed by atoms with Crippen molar-refractivity contribution in [1.82, 2.24) is 5.32 Å². The zero-order valence-corrected chi connectivity index (χ0v) is 11.3. The first kappa shape index (κ1) is 12.4. The van der Waals surface area contributed by atoms with Gasteiger partial charge in [0.25, 0.3) is 0 Å². The maximum absolute atomic E-state index is 3.59. The molecule has 0 amide bonds. The summed E-state index contributed by atoms with van der Waals surface area (Å²) in [6.45, 7) is 2.17. The number of fused-ring (bicyclic) bond motifs is 1. The van der Waals surface area contributed by atoms with Gasteiger partial charge in [0.05, 0.1) is 0 Å². The van der Waals surface area contributed by atoms with Crippen LogP contribution in [0.2, 0.25) is 0 Å². The minimum absolute atomic E-state index is 0.754. The molecule has 1 N–H and O–H groups in total. The largest absolute Gasteiger partial charge is 0.312 e. The Morgan fingerprint density at radius 1 is 0.895 bits per heavy atom. The summed E-state index contributed by atoms with van der Waals surface area (Å²) in [5, 5.41) is 3.59. The number of benzene rings is 2. The standard InChI is InChI=1S/C18H21N/c1-2-6-15(7-3-1)10-11-16-12-17-8-4-5-9-18(17)14-19-13-16/h1-9,16,19H,10-14H2. The lowest BCUT2D eigenvalue weighted by Crippen LogP contribution is -2.20. The summed E-state index contributed by atoms with van der Waals surface area (Å²) >= 11 is 0. The molecule has 1 unspecified atom stereocenters. The van der Waals surface area contributed by atoms with E-state index in [1.807, 2.05) is 0 Å². The highest BCUT2D eigenvalue weighted by Crippen LogP contribution is 2.20. The fourth-order valence-electron chi connectivity index (χ4n) is 2.94. The number of rotatable bonds is 3. The van der Waals surface area contributed by atoms with Gasteiger partial charge in [-0.2, -0.15) is 0 Å². The Morgan fingerprint density at radius 3 is 2.47 bits per heavy atom. The van der Waals surface area contributed by atoms with E-state index in [2.05, 4.69) is 59.9 Å². The third kappa shape index (κ3) is 3.24. The van der Waals surface area contributed by atoms with E-state index in [1.54, 1.807) is 0 Å². The summed E-state index contributed by atoms with van der Waals surface area (Å²) in [7, 11) is 0. The van der Waals surface area contributed by atoms with Gasteiger partial charge >= 0.3 is 0 Å². The van der Waals surface area contributed by atoms with Crippen molar-refractivity contribution in [2.75, 3.05) is 6.54 Å². The molecule has 0 fully saturated rings. The van der Waals surface area contributed by atoms with Gasteiger partial charge in [0.2, 0.25) is 0 Å². The van der Waals surface area contributed by atoms with E-state index in [4.69, 9.17) is 0 Å². The highest BCUT2D eigenvalue weighted by atomic mass is 14.9. The van der Waals surface area contributed by atoms with E-state index >= 15 is 0 Å². The second-order valence-corrected chi connectivity index (χ2v) is 5.49. The summed E-state index contributed by atoms with van der Waals surface area (Å²) in [4.78, 5) is 0. The minimum Gasteiger partial charge on any atom is -0.312 e. The average molecular weight is 251 g/mol. The molecule has 1 atom stereocenters. The molecule has 0 saturated carbocycles. The van der Waals surface area contributed by atoms with Crippen molar-refractivity contribution >= 4 is 0 Å². The van der Waals surface area contributed by atoms with E-state index in [0.717, 1.165) is 19.0 Å². The second kappa shape index (κ2) is 6.03. The van der Waals surface area contributed by atoms with Crippen LogP contribution in [0.3, 0.4) is 0 Å². The number of nitrogens with one attached hydrogen (secondary N) is 1. The highest BCUT2D eigenvalue weighted by molar-refractivity contribution is 5.28. The van der Waals surface area contributed by atoms with Crippen LogP contribution in [0.25, 0.3) is 0 Å². The minimum atomic E-state index is 0.754. The molecule has 2 aromatic rings. The Balaban J connectivity index is 1.63. The quantitative estimate of drug-likeness (QED) is 0.879. The maximum atomic E-state index is 3.59. The average Bonchev–Trinajstić information content (AvgIpc) is 2.68. The lowest BCUT2D eigenvalue weighted by atomic mass is 9.92. The predicted molar refractivity (Wildman–Crippen MR) is 80.1 cm³/mol. The first-order chi connectivity index (χ1) is 9.42. The lowest BCUT2D eigenvalue weighted by Gasteiger charge is -2.14. The Labute approximate surface area is 115 Å². The molecule has 0 radical (unpaired) electrons. The van der Waals surface area contributed by atoms with E-state index in [-0.39, 0.29) is 0 Å². The first-order valence-electron chi connectivity index (χ1n) is 7.23. The van der Waals surface area contributed by atoms with Gasteiger partial charge < -0.3 is 5.32 Å². The van der Waals surface area contributed by atoms with Crippen LogP contribution in [0.15, 0.2) is 54.6 Å². The van der Waals surface area contributed by atoms with Crippen LogP contribution in [0.4, 0.5) is 0 Å². The van der Waals surface area contributed by atoms with Crippen molar-refractivity contribution < 1.29 is 0 Å².